The molecule has 0 aliphatic rings. The molecular formula is C15H25NOSi. The van der Waals surface area contributed by atoms with Crippen molar-refractivity contribution in [3.05, 3.63) is 28.8 Å². The molecule has 0 heterocycles. The van der Waals surface area contributed by atoms with Gasteiger partial charge in [-0.15, -0.1) is 0 Å². The van der Waals surface area contributed by atoms with Crippen molar-refractivity contribution in [3.63, 3.8) is 0 Å². The second-order valence-electron chi connectivity index (χ2n) is 5.65. The molecule has 0 unspecified atom stereocenters. The maximum Gasteiger partial charge on any atom is 0.251 e. The summed E-state index contributed by atoms with van der Waals surface area (Å²) in [7, 11) is 0.348. The Bertz CT molecular complexity index is 447. The summed E-state index contributed by atoms with van der Waals surface area (Å²) in [5.41, 5.74) is 3.48. The van der Waals surface area contributed by atoms with E-state index in [2.05, 4.69) is 44.9 Å². The highest BCUT2D eigenvalue weighted by molar-refractivity contribution is 6.89. The van der Waals surface area contributed by atoms with Gasteiger partial charge in [0.05, 0.1) is 8.07 Å². The van der Waals surface area contributed by atoms with Gasteiger partial charge in [-0.1, -0.05) is 44.7 Å². The van der Waals surface area contributed by atoms with Gasteiger partial charge in [-0.25, -0.2) is 0 Å². The van der Waals surface area contributed by atoms with E-state index >= 15 is 0 Å². The molecule has 100 valence electrons. The molecule has 1 N–H and O–H groups in total. The number of benzene rings is 1. The Labute approximate surface area is 112 Å². The number of rotatable bonds is 4. The van der Waals surface area contributed by atoms with E-state index in [4.69, 9.17) is 0 Å². The molecule has 0 radical (unpaired) electrons. The average Bonchev–Trinajstić information content (AvgIpc) is 2.34. The van der Waals surface area contributed by atoms with Gasteiger partial charge in [-0.2, -0.15) is 0 Å². The lowest BCUT2D eigenvalue weighted by atomic mass is 9.96. The summed E-state index contributed by atoms with van der Waals surface area (Å²) in [4.78, 5) is 11.9. The standard InChI is InChI=1S/C15H25NOSi/c1-7-11-12(8-2)14(18(4,5)6)10-9-13(11)15(17)16-3/h9-10H,7-8H2,1-6H3,(H,16,17). The molecule has 0 aromatic heterocycles. The molecule has 1 rings (SSSR count). The Kier molecular flexibility index (Phi) is 4.74. The molecule has 0 saturated heterocycles. The van der Waals surface area contributed by atoms with Crippen molar-refractivity contribution in [1.82, 2.24) is 5.32 Å². The minimum atomic E-state index is -1.35. The van der Waals surface area contributed by atoms with Crippen LogP contribution in [0.5, 0.6) is 0 Å². The van der Waals surface area contributed by atoms with Gasteiger partial charge in [0, 0.05) is 12.6 Å². The van der Waals surface area contributed by atoms with Crippen molar-refractivity contribution in [2.45, 2.75) is 46.3 Å². The van der Waals surface area contributed by atoms with E-state index in [1.807, 2.05) is 6.07 Å². The first-order chi connectivity index (χ1) is 8.36. The van der Waals surface area contributed by atoms with Crippen LogP contribution in [0.3, 0.4) is 0 Å². The van der Waals surface area contributed by atoms with Crippen LogP contribution >= 0.6 is 0 Å². The number of carbonyl (C=O) groups is 1. The van der Waals surface area contributed by atoms with Crippen LogP contribution in [-0.4, -0.2) is 21.0 Å². The molecule has 1 aromatic carbocycles. The van der Waals surface area contributed by atoms with Crippen LogP contribution in [0, 0.1) is 0 Å². The van der Waals surface area contributed by atoms with E-state index in [-0.39, 0.29) is 5.91 Å². The van der Waals surface area contributed by atoms with Crippen LogP contribution in [0.4, 0.5) is 0 Å². The second kappa shape index (κ2) is 5.70. The van der Waals surface area contributed by atoms with E-state index in [0.29, 0.717) is 0 Å². The predicted octanol–water partition coefficient (Wildman–Crippen LogP) is 2.72. The molecule has 2 nitrogen and oxygen atoms in total. The van der Waals surface area contributed by atoms with E-state index in [9.17, 15) is 4.79 Å². The summed E-state index contributed by atoms with van der Waals surface area (Å²) in [6, 6.07) is 4.18. The number of carbonyl (C=O) groups excluding carboxylic acids is 1. The lowest BCUT2D eigenvalue weighted by molar-refractivity contribution is 0.0962. The fourth-order valence-electron chi connectivity index (χ4n) is 2.55. The first-order valence-corrected chi connectivity index (χ1v) is 10.2. The summed E-state index contributed by atoms with van der Waals surface area (Å²) in [5, 5.41) is 4.23. The van der Waals surface area contributed by atoms with Crippen molar-refractivity contribution in [2.24, 2.45) is 0 Å². The zero-order chi connectivity index (χ0) is 13.9. The van der Waals surface area contributed by atoms with Crippen LogP contribution in [0.25, 0.3) is 0 Å². The lowest BCUT2D eigenvalue weighted by Gasteiger charge is -2.24. The minimum absolute atomic E-state index is 0.0312. The molecule has 0 atom stereocenters. The van der Waals surface area contributed by atoms with Crippen molar-refractivity contribution in [2.75, 3.05) is 7.05 Å². The molecule has 0 bridgehead atoms. The van der Waals surface area contributed by atoms with Gasteiger partial charge >= 0.3 is 0 Å². The molecule has 0 saturated carbocycles. The quantitative estimate of drug-likeness (QED) is 0.832. The maximum atomic E-state index is 11.9. The van der Waals surface area contributed by atoms with Crippen LogP contribution < -0.4 is 10.5 Å². The molecule has 0 aliphatic carbocycles. The topological polar surface area (TPSA) is 29.1 Å². The molecule has 0 fully saturated rings. The first-order valence-electron chi connectivity index (χ1n) is 6.74. The number of nitrogens with one attached hydrogen (secondary N) is 1. The third-order valence-electron chi connectivity index (χ3n) is 3.42. The third-order valence-corrected chi connectivity index (χ3v) is 5.50. The van der Waals surface area contributed by atoms with Gasteiger partial charge in [0.1, 0.15) is 0 Å². The monoisotopic (exact) mass is 263 g/mol. The van der Waals surface area contributed by atoms with Crippen molar-refractivity contribution in [3.8, 4) is 0 Å². The van der Waals surface area contributed by atoms with E-state index < -0.39 is 8.07 Å². The Morgan fingerprint density at radius 1 is 1.11 bits per heavy atom. The highest BCUT2D eigenvalue weighted by atomic mass is 28.3. The predicted molar refractivity (Wildman–Crippen MR) is 81.6 cm³/mol. The fourth-order valence-corrected chi connectivity index (χ4v) is 4.37. The zero-order valence-corrected chi connectivity index (χ0v) is 13.5. The fraction of sp³-hybridized carbons (Fsp3) is 0.533. The highest BCUT2D eigenvalue weighted by Crippen LogP contribution is 2.18. The van der Waals surface area contributed by atoms with E-state index in [1.165, 1.54) is 16.3 Å². The third kappa shape index (κ3) is 2.83. The summed E-state index contributed by atoms with van der Waals surface area (Å²) >= 11 is 0. The van der Waals surface area contributed by atoms with Gasteiger partial charge in [0.2, 0.25) is 0 Å². The molecule has 0 aliphatic heterocycles. The Morgan fingerprint density at radius 2 is 1.67 bits per heavy atom. The average molecular weight is 263 g/mol. The summed E-state index contributed by atoms with van der Waals surface area (Å²) in [6.07, 6.45) is 1.93. The Balaban J connectivity index is 3.51. The van der Waals surface area contributed by atoms with Gasteiger partial charge in [0.25, 0.3) is 5.91 Å². The normalized spacial score (nSPS) is 11.4. The number of hydrogen-bond acceptors (Lipinski definition) is 1. The Morgan fingerprint density at radius 3 is 2.06 bits per heavy atom. The molecule has 0 spiro atoms. The summed E-state index contributed by atoms with van der Waals surface area (Å²) in [5.74, 6) is 0.0312. The van der Waals surface area contributed by atoms with E-state index in [0.717, 1.165) is 18.4 Å². The van der Waals surface area contributed by atoms with Crippen molar-refractivity contribution < 1.29 is 4.79 Å². The van der Waals surface area contributed by atoms with Gasteiger partial charge in [0.15, 0.2) is 0 Å². The van der Waals surface area contributed by atoms with Crippen molar-refractivity contribution >= 4 is 19.2 Å². The molecule has 1 amide bonds. The van der Waals surface area contributed by atoms with E-state index in [1.54, 1.807) is 7.05 Å². The van der Waals surface area contributed by atoms with Crippen molar-refractivity contribution in [1.29, 1.82) is 0 Å². The molecule has 18 heavy (non-hydrogen) atoms. The smallest absolute Gasteiger partial charge is 0.251 e. The summed E-state index contributed by atoms with van der Waals surface area (Å²) < 4.78 is 0. The van der Waals surface area contributed by atoms with Gasteiger partial charge in [-0.05, 0) is 30.0 Å². The molecular weight excluding hydrogens is 238 g/mol. The van der Waals surface area contributed by atoms with Crippen LogP contribution in [0.1, 0.15) is 35.3 Å². The summed E-state index contributed by atoms with van der Waals surface area (Å²) in [6.45, 7) is 11.4. The highest BCUT2D eigenvalue weighted by Gasteiger charge is 2.23. The van der Waals surface area contributed by atoms with Crippen LogP contribution in [-0.2, 0) is 12.8 Å². The Hall–Kier alpha value is -1.09. The molecule has 1 aromatic rings. The SMILES string of the molecule is CCc1c(C(=O)NC)ccc([Si](C)(C)C)c1CC. The number of amides is 1. The van der Waals surface area contributed by atoms with Crippen LogP contribution in [0.2, 0.25) is 19.6 Å². The minimum Gasteiger partial charge on any atom is -0.355 e. The number of hydrogen-bond donors (Lipinski definition) is 1. The maximum absolute atomic E-state index is 11.9. The van der Waals surface area contributed by atoms with Gasteiger partial charge < -0.3 is 5.32 Å². The second-order valence-corrected chi connectivity index (χ2v) is 10.7. The first kappa shape index (κ1) is 15.0. The van der Waals surface area contributed by atoms with Crippen LogP contribution in [0.15, 0.2) is 12.1 Å². The lowest BCUT2D eigenvalue weighted by Crippen LogP contribution is -2.41. The largest absolute Gasteiger partial charge is 0.355 e. The van der Waals surface area contributed by atoms with Gasteiger partial charge in [-0.3, -0.25) is 4.79 Å². The molecule has 3 heteroatoms. The zero-order valence-electron chi connectivity index (χ0n) is 12.5.